The average molecular weight is 245 g/mol. The minimum absolute atomic E-state index is 0.416. The molecule has 0 fully saturated rings. The molecule has 1 unspecified atom stereocenters. The second kappa shape index (κ2) is 5.21. The molecule has 0 spiro atoms. The van der Waals surface area contributed by atoms with E-state index in [2.05, 4.69) is 48.3 Å². The Balaban J connectivity index is 2.25. The largest absolute Gasteiger partial charge is 0.496 e. The Hall–Kier alpha value is -1.84. The van der Waals surface area contributed by atoms with Crippen LogP contribution in [0.15, 0.2) is 18.3 Å². The SMILES string of the molecule is COc1cc(C)c(C(C)Cc2cn[nH]n2)cc1C. The van der Waals surface area contributed by atoms with Crippen molar-refractivity contribution in [2.75, 3.05) is 7.11 Å². The van der Waals surface area contributed by atoms with Crippen molar-refractivity contribution >= 4 is 0 Å². The van der Waals surface area contributed by atoms with Crippen LogP contribution < -0.4 is 4.74 Å². The first-order valence-electron chi connectivity index (χ1n) is 6.11. The molecule has 0 bridgehead atoms. The van der Waals surface area contributed by atoms with Crippen LogP contribution >= 0.6 is 0 Å². The zero-order valence-electron chi connectivity index (χ0n) is 11.3. The van der Waals surface area contributed by atoms with Crippen LogP contribution in [0.25, 0.3) is 0 Å². The van der Waals surface area contributed by atoms with Gasteiger partial charge in [-0.15, -0.1) is 0 Å². The molecule has 2 aromatic rings. The first-order chi connectivity index (χ1) is 8.61. The van der Waals surface area contributed by atoms with Gasteiger partial charge in [-0.3, -0.25) is 0 Å². The van der Waals surface area contributed by atoms with E-state index in [1.165, 1.54) is 16.7 Å². The first-order valence-corrected chi connectivity index (χ1v) is 6.11. The third kappa shape index (κ3) is 2.53. The van der Waals surface area contributed by atoms with Gasteiger partial charge in [0.25, 0.3) is 0 Å². The van der Waals surface area contributed by atoms with E-state index < -0.39 is 0 Å². The molecule has 18 heavy (non-hydrogen) atoms. The van der Waals surface area contributed by atoms with Gasteiger partial charge in [0, 0.05) is 0 Å². The van der Waals surface area contributed by atoms with Gasteiger partial charge in [-0.25, -0.2) is 0 Å². The monoisotopic (exact) mass is 245 g/mol. The summed E-state index contributed by atoms with van der Waals surface area (Å²) in [6.07, 6.45) is 2.67. The summed E-state index contributed by atoms with van der Waals surface area (Å²) in [6.45, 7) is 6.41. The minimum atomic E-state index is 0.416. The van der Waals surface area contributed by atoms with Crippen LogP contribution in [-0.4, -0.2) is 22.5 Å². The van der Waals surface area contributed by atoms with Gasteiger partial charge in [-0.1, -0.05) is 13.0 Å². The van der Waals surface area contributed by atoms with E-state index in [-0.39, 0.29) is 0 Å². The molecule has 1 atom stereocenters. The van der Waals surface area contributed by atoms with Crippen LogP contribution in [0.2, 0.25) is 0 Å². The highest BCUT2D eigenvalue weighted by Crippen LogP contribution is 2.29. The van der Waals surface area contributed by atoms with Crippen molar-refractivity contribution in [1.29, 1.82) is 0 Å². The molecule has 0 radical (unpaired) electrons. The summed E-state index contributed by atoms with van der Waals surface area (Å²) >= 11 is 0. The van der Waals surface area contributed by atoms with E-state index in [0.717, 1.165) is 17.9 Å². The van der Waals surface area contributed by atoms with Crippen molar-refractivity contribution in [3.05, 3.63) is 40.7 Å². The molecule has 0 aliphatic rings. The number of methoxy groups -OCH3 is 1. The molecule has 0 saturated heterocycles. The number of hydrogen-bond acceptors (Lipinski definition) is 3. The number of nitrogens with zero attached hydrogens (tertiary/aromatic N) is 2. The van der Waals surface area contributed by atoms with E-state index in [0.29, 0.717) is 5.92 Å². The first kappa shape index (κ1) is 12.6. The van der Waals surface area contributed by atoms with Crippen LogP contribution in [0.3, 0.4) is 0 Å². The topological polar surface area (TPSA) is 50.8 Å². The Morgan fingerprint density at radius 1 is 1.28 bits per heavy atom. The molecule has 0 saturated carbocycles. The fourth-order valence-electron chi connectivity index (χ4n) is 2.31. The van der Waals surface area contributed by atoms with Crippen LogP contribution in [0.5, 0.6) is 5.75 Å². The molecule has 1 heterocycles. The van der Waals surface area contributed by atoms with Crippen molar-refractivity contribution in [3.63, 3.8) is 0 Å². The van der Waals surface area contributed by atoms with E-state index in [9.17, 15) is 0 Å². The molecule has 0 aliphatic carbocycles. The summed E-state index contributed by atoms with van der Waals surface area (Å²) in [4.78, 5) is 0. The van der Waals surface area contributed by atoms with Crippen molar-refractivity contribution in [2.45, 2.75) is 33.1 Å². The molecule has 4 nitrogen and oxygen atoms in total. The highest BCUT2D eigenvalue weighted by atomic mass is 16.5. The number of nitrogens with one attached hydrogen (secondary N) is 1. The third-order valence-corrected chi connectivity index (χ3v) is 3.29. The maximum Gasteiger partial charge on any atom is 0.122 e. The molecular weight excluding hydrogens is 226 g/mol. The van der Waals surface area contributed by atoms with Gasteiger partial charge in [0.15, 0.2) is 0 Å². The molecule has 4 heteroatoms. The number of aromatic amines is 1. The summed E-state index contributed by atoms with van der Waals surface area (Å²) in [5, 5.41) is 10.6. The van der Waals surface area contributed by atoms with Crippen molar-refractivity contribution in [2.24, 2.45) is 0 Å². The maximum atomic E-state index is 5.34. The highest BCUT2D eigenvalue weighted by Gasteiger charge is 2.13. The van der Waals surface area contributed by atoms with Crippen LogP contribution in [0.4, 0.5) is 0 Å². The Bertz CT molecular complexity index is 520. The van der Waals surface area contributed by atoms with Crippen molar-refractivity contribution in [1.82, 2.24) is 15.4 Å². The zero-order chi connectivity index (χ0) is 13.1. The van der Waals surface area contributed by atoms with Gasteiger partial charge in [0.1, 0.15) is 5.75 Å². The lowest BCUT2D eigenvalue weighted by Gasteiger charge is -2.16. The predicted molar refractivity (Wildman–Crippen MR) is 71.0 cm³/mol. The zero-order valence-corrected chi connectivity index (χ0v) is 11.3. The fourth-order valence-corrected chi connectivity index (χ4v) is 2.31. The number of hydrogen-bond donors (Lipinski definition) is 1. The third-order valence-electron chi connectivity index (χ3n) is 3.29. The van der Waals surface area contributed by atoms with Gasteiger partial charge >= 0.3 is 0 Å². The Morgan fingerprint density at radius 3 is 2.67 bits per heavy atom. The number of benzene rings is 1. The minimum Gasteiger partial charge on any atom is -0.496 e. The van der Waals surface area contributed by atoms with E-state index in [1.807, 2.05) is 0 Å². The van der Waals surface area contributed by atoms with Gasteiger partial charge in [-0.05, 0) is 48.9 Å². The lowest BCUT2D eigenvalue weighted by atomic mass is 9.91. The molecule has 96 valence electrons. The van der Waals surface area contributed by atoms with Gasteiger partial charge in [0.05, 0.1) is 19.0 Å². The van der Waals surface area contributed by atoms with E-state index in [1.54, 1.807) is 13.3 Å². The van der Waals surface area contributed by atoms with Crippen LogP contribution in [0, 0.1) is 13.8 Å². The molecular formula is C14H19N3O. The molecule has 1 aromatic carbocycles. The highest BCUT2D eigenvalue weighted by molar-refractivity contribution is 5.43. The lowest BCUT2D eigenvalue weighted by Crippen LogP contribution is -2.03. The molecule has 1 N–H and O–H groups in total. The number of aryl methyl sites for hydroxylation is 2. The normalized spacial score (nSPS) is 12.4. The predicted octanol–water partition coefficient (Wildman–Crippen LogP) is 2.78. The average Bonchev–Trinajstić information content (AvgIpc) is 2.84. The number of aromatic nitrogens is 3. The van der Waals surface area contributed by atoms with E-state index in [4.69, 9.17) is 4.74 Å². The Labute approximate surface area is 107 Å². The summed E-state index contributed by atoms with van der Waals surface area (Å²) in [5.74, 6) is 1.37. The Morgan fingerprint density at radius 2 is 2.06 bits per heavy atom. The van der Waals surface area contributed by atoms with Gasteiger partial charge in [-0.2, -0.15) is 15.4 Å². The quantitative estimate of drug-likeness (QED) is 0.901. The summed E-state index contributed by atoms with van der Waals surface area (Å²) < 4.78 is 5.34. The van der Waals surface area contributed by atoms with Crippen LogP contribution in [0.1, 0.15) is 35.2 Å². The van der Waals surface area contributed by atoms with Gasteiger partial charge < -0.3 is 4.74 Å². The number of H-pyrrole nitrogens is 1. The standard InChI is InChI=1S/C14H19N3O/c1-9(5-12-8-15-17-16-12)13-6-11(3)14(18-4)7-10(13)2/h6-9H,5H2,1-4H3,(H,15,16,17). The smallest absolute Gasteiger partial charge is 0.122 e. The lowest BCUT2D eigenvalue weighted by molar-refractivity contribution is 0.411. The maximum absolute atomic E-state index is 5.34. The molecule has 1 aromatic heterocycles. The number of rotatable bonds is 4. The summed E-state index contributed by atoms with van der Waals surface area (Å²) in [6, 6.07) is 4.31. The molecule has 0 amide bonds. The fraction of sp³-hybridized carbons (Fsp3) is 0.429. The Kier molecular flexibility index (Phi) is 3.65. The second-order valence-electron chi connectivity index (χ2n) is 4.74. The molecule has 2 rings (SSSR count). The second-order valence-corrected chi connectivity index (χ2v) is 4.74. The molecule has 0 aliphatic heterocycles. The van der Waals surface area contributed by atoms with Crippen LogP contribution in [-0.2, 0) is 6.42 Å². The van der Waals surface area contributed by atoms with Crippen molar-refractivity contribution in [3.8, 4) is 5.75 Å². The van der Waals surface area contributed by atoms with Gasteiger partial charge in [0.2, 0.25) is 0 Å². The summed E-state index contributed by atoms with van der Waals surface area (Å²) in [5.41, 5.74) is 4.77. The number of ether oxygens (including phenoxy) is 1. The van der Waals surface area contributed by atoms with E-state index >= 15 is 0 Å². The van der Waals surface area contributed by atoms with Crippen molar-refractivity contribution < 1.29 is 4.74 Å². The summed E-state index contributed by atoms with van der Waals surface area (Å²) in [7, 11) is 1.71.